The minimum atomic E-state index is -1.11. The first-order valence-corrected chi connectivity index (χ1v) is 13.6. The summed E-state index contributed by atoms with van der Waals surface area (Å²) < 4.78 is 12.9. The van der Waals surface area contributed by atoms with Gasteiger partial charge in [-0.05, 0) is 68.5 Å². The summed E-state index contributed by atoms with van der Waals surface area (Å²) in [5.74, 6) is -1.84. The van der Waals surface area contributed by atoms with E-state index in [9.17, 15) is 9.59 Å². The first kappa shape index (κ1) is 28.0. The summed E-state index contributed by atoms with van der Waals surface area (Å²) in [6, 6.07) is 17.9. The average Bonchev–Trinajstić information content (AvgIpc) is 3.26. The largest absolute Gasteiger partial charge is 0.465 e. The van der Waals surface area contributed by atoms with E-state index >= 15 is 0 Å². The molecule has 7 nitrogen and oxygen atoms in total. The Bertz CT molecular complexity index is 1460. The highest BCUT2D eigenvalue weighted by Crippen LogP contribution is 2.36. The van der Waals surface area contributed by atoms with Crippen molar-refractivity contribution in [3.63, 3.8) is 0 Å². The number of pyridine rings is 1. The van der Waals surface area contributed by atoms with Gasteiger partial charge in [-0.3, -0.25) is 9.59 Å². The Morgan fingerprint density at radius 3 is 2.08 bits per heavy atom. The zero-order valence-electron chi connectivity index (χ0n) is 23.7. The minimum Gasteiger partial charge on any atom is -0.465 e. The van der Waals surface area contributed by atoms with Gasteiger partial charge in [-0.1, -0.05) is 55.5 Å². The van der Waals surface area contributed by atoms with Crippen LogP contribution in [-0.2, 0) is 32.0 Å². The van der Waals surface area contributed by atoms with Gasteiger partial charge in [0.1, 0.15) is 11.3 Å². The van der Waals surface area contributed by atoms with E-state index in [1.165, 1.54) is 0 Å². The molecule has 1 unspecified atom stereocenters. The quantitative estimate of drug-likeness (QED) is 0.190. The maximum atomic E-state index is 13.1. The summed E-state index contributed by atoms with van der Waals surface area (Å²) in [5.41, 5.74) is 7.68. The normalized spacial score (nSPS) is 12.1. The fraction of sp³-hybridized carbons (Fsp3) is 0.375. The van der Waals surface area contributed by atoms with Crippen LogP contribution in [0.1, 0.15) is 66.0 Å². The fourth-order valence-corrected chi connectivity index (χ4v) is 5.22. The third-order valence-electron chi connectivity index (χ3n) is 7.03. The molecule has 2 aromatic heterocycles. The number of fused-ring (bicyclic) bond motifs is 1. The lowest BCUT2D eigenvalue weighted by molar-refractivity contribution is -0.162. The zero-order valence-corrected chi connectivity index (χ0v) is 23.7. The number of rotatable bonds is 10. The number of hydrogen-bond donors (Lipinski definition) is 0. The monoisotopic (exact) mass is 527 g/mol. The van der Waals surface area contributed by atoms with Crippen molar-refractivity contribution in [2.75, 3.05) is 13.2 Å². The van der Waals surface area contributed by atoms with Crippen molar-refractivity contribution < 1.29 is 19.1 Å². The molecule has 2 aromatic carbocycles. The molecular weight excluding hydrogens is 490 g/mol. The SMILES string of the molecule is CCOC(=O)C(C(=O)OCC)C(c1ccc(Cn2c(CC)nc3c(C)cc(C)nc32)cc1)c1ccccc1C. The summed E-state index contributed by atoms with van der Waals surface area (Å²) in [6.45, 7) is 12.6. The Morgan fingerprint density at radius 2 is 1.49 bits per heavy atom. The lowest BCUT2D eigenvalue weighted by atomic mass is 9.78. The van der Waals surface area contributed by atoms with Crippen LogP contribution in [0.3, 0.4) is 0 Å². The van der Waals surface area contributed by atoms with Crippen molar-refractivity contribution in [2.45, 2.75) is 60.4 Å². The lowest BCUT2D eigenvalue weighted by Gasteiger charge is -2.26. The molecule has 0 aliphatic rings. The number of esters is 2. The number of carbonyl (C=O) groups is 2. The van der Waals surface area contributed by atoms with Crippen LogP contribution in [0.2, 0.25) is 0 Å². The van der Waals surface area contributed by atoms with Crippen molar-refractivity contribution in [1.29, 1.82) is 0 Å². The van der Waals surface area contributed by atoms with E-state index in [2.05, 4.69) is 24.5 Å². The second-order valence-electron chi connectivity index (χ2n) is 9.78. The van der Waals surface area contributed by atoms with Gasteiger partial charge in [0.15, 0.2) is 11.6 Å². The summed E-state index contributed by atoms with van der Waals surface area (Å²) in [7, 11) is 0. The van der Waals surface area contributed by atoms with E-state index < -0.39 is 23.8 Å². The number of imidazole rings is 1. The molecule has 0 saturated carbocycles. The van der Waals surface area contributed by atoms with Gasteiger partial charge in [0.25, 0.3) is 0 Å². The summed E-state index contributed by atoms with van der Waals surface area (Å²) >= 11 is 0. The van der Waals surface area contributed by atoms with Gasteiger partial charge in [-0.15, -0.1) is 0 Å². The Balaban J connectivity index is 1.76. The van der Waals surface area contributed by atoms with Crippen LogP contribution in [0.15, 0.2) is 54.6 Å². The molecule has 0 fully saturated rings. The van der Waals surface area contributed by atoms with Gasteiger partial charge >= 0.3 is 11.9 Å². The molecule has 7 heteroatoms. The molecule has 0 amide bonds. The number of nitrogens with zero attached hydrogens (tertiary/aromatic N) is 3. The molecule has 0 spiro atoms. The summed E-state index contributed by atoms with van der Waals surface area (Å²) in [4.78, 5) is 35.9. The molecule has 4 rings (SSSR count). The van der Waals surface area contributed by atoms with Crippen LogP contribution in [0.4, 0.5) is 0 Å². The molecule has 0 bridgehead atoms. The number of ether oxygens (including phenoxy) is 2. The molecule has 4 aromatic rings. The van der Waals surface area contributed by atoms with Gasteiger partial charge < -0.3 is 14.0 Å². The van der Waals surface area contributed by atoms with E-state index in [0.717, 1.165) is 56.9 Å². The highest BCUT2D eigenvalue weighted by molar-refractivity contribution is 5.96. The van der Waals surface area contributed by atoms with E-state index in [-0.39, 0.29) is 13.2 Å². The highest BCUT2D eigenvalue weighted by atomic mass is 16.6. The van der Waals surface area contributed by atoms with Crippen LogP contribution in [-0.4, -0.2) is 39.7 Å². The number of benzene rings is 2. The molecule has 0 N–H and O–H groups in total. The van der Waals surface area contributed by atoms with Crippen molar-refractivity contribution in [1.82, 2.24) is 14.5 Å². The maximum Gasteiger partial charge on any atom is 0.321 e. The second-order valence-corrected chi connectivity index (χ2v) is 9.78. The first-order chi connectivity index (χ1) is 18.8. The van der Waals surface area contributed by atoms with Gasteiger partial charge in [0.05, 0.1) is 19.8 Å². The van der Waals surface area contributed by atoms with Gasteiger partial charge in [0, 0.05) is 18.0 Å². The van der Waals surface area contributed by atoms with Crippen LogP contribution in [0.5, 0.6) is 0 Å². The Morgan fingerprint density at radius 1 is 0.846 bits per heavy atom. The predicted molar refractivity (Wildman–Crippen MR) is 152 cm³/mol. The number of carbonyl (C=O) groups excluding carboxylic acids is 2. The van der Waals surface area contributed by atoms with E-state index in [1.807, 2.05) is 62.4 Å². The van der Waals surface area contributed by atoms with Crippen LogP contribution >= 0.6 is 0 Å². The second kappa shape index (κ2) is 12.2. The maximum absolute atomic E-state index is 13.1. The standard InChI is InChI=1S/C32H37N3O4/c1-7-26-34-29-21(5)18-22(6)33-30(29)35(26)19-23-14-16-24(17-15-23)27(25-13-11-10-12-20(25)4)28(31(36)38-8-2)32(37)39-9-3/h10-18,27-28H,7-9,19H2,1-6H3. The molecule has 39 heavy (non-hydrogen) atoms. The minimum absolute atomic E-state index is 0.180. The average molecular weight is 528 g/mol. The smallest absolute Gasteiger partial charge is 0.321 e. The Hall–Kier alpha value is -4.00. The third kappa shape index (κ3) is 5.87. The molecule has 0 saturated heterocycles. The van der Waals surface area contributed by atoms with Gasteiger partial charge in [0.2, 0.25) is 0 Å². The Kier molecular flexibility index (Phi) is 8.79. The molecule has 1 atom stereocenters. The third-order valence-corrected chi connectivity index (χ3v) is 7.03. The first-order valence-electron chi connectivity index (χ1n) is 13.6. The predicted octanol–water partition coefficient (Wildman–Crippen LogP) is 5.84. The molecule has 0 aliphatic carbocycles. The van der Waals surface area contributed by atoms with Crippen molar-refractivity contribution in [3.05, 3.63) is 93.9 Å². The topological polar surface area (TPSA) is 83.3 Å². The van der Waals surface area contributed by atoms with Crippen molar-refractivity contribution in [2.24, 2.45) is 5.92 Å². The van der Waals surface area contributed by atoms with Crippen LogP contribution in [0, 0.1) is 26.7 Å². The van der Waals surface area contributed by atoms with Crippen molar-refractivity contribution >= 4 is 23.1 Å². The summed E-state index contributed by atoms with van der Waals surface area (Å²) in [5, 5.41) is 0. The van der Waals surface area contributed by atoms with Crippen molar-refractivity contribution in [3.8, 4) is 0 Å². The van der Waals surface area contributed by atoms with E-state index in [1.54, 1.807) is 13.8 Å². The molecule has 0 radical (unpaired) electrons. The number of aromatic nitrogens is 3. The Labute approximate surface area is 230 Å². The van der Waals surface area contributed by atoms with Crippen LogP contribution in [0.25, 0.3) is 11.2 Å². The number of aryl methyl sites for hydroxylation is 4. The summed E-state index contributed by atoms with van der Waals surface area (Å²) in [6.07, 6.45) is 0.795. The lowest BCUT2D eigenvalue weighted by Crippen LogP contribution is -2.34. The molecule has 0 aliphatic heterocycles. The van der Waals surface area contributed by atoms with E-state index in [0.29, 0.717) is 6.54 Å². The van der Waals surface area contributed by atoms with Gasteiger partial charge in [-0.2, -0.15) is 0 Å². The number of hydrogen-bond acceptors (Lipinski definition) is 6. The fourth-order valence-electron chi connectivity index (χ4n) is 5.22. The molecule has 204 valence electrons. The zero-order chi connectivity index (χ0) is 28.1. The van der Waals surface area contributed by atoms with Gasteiger partial charge in [-0.25, -0.2) is 9.97 Å². The molecule has 2 heterocycles. The van der Waals surface area contributed by atoms with Crippen LogP contribution < -0.4 is 0 Å². The molecular formula is C32H37N3O4. The van der Waals surface area contributed by atoms with E-state index in [4.69, 9.17) is 19.4 Å². The highest BCUT2D eigenvalue weighted by Gasteiger charge is 2.40.